The monoisotopic (exact) mass is 272 g/mol. The van der Waals surface area contributed by atoms with Crippen molar-refractivity contribution in [3.8, 4) is 5.75 Å². The van der Waals surface area contributed by atoms with E-state index >= 15 is 0 Å². The Kier molecular flexibility index (Phi) is 4.55. The molecule has 0 unspecified atom stereocenters. The molecule has 0 aliphatic heterocycles. The number of benzene rings is 2. The molecule has 5 nitrogen and oxygen atoms in total. The van der Waals surface area contributed by atoms with Crippen LogP contribution in [0, 0.1) is 10.1 Å². The largest absolute Gasteiger partial charge is 0.496 e. The number of methoxy groups -OCH3 is 1. The van der Waals surface area contributed by atoms with Crippen LogP contribution in [0.2, 0.25) is 0 Å². The van der Waals surface area contributed by atoms with Crippen LogP contribution in [0.5, 0.6) is 5.75 Å². The smallest absolute Gasteiger partial charge is 0.275 e. The number of nitro groups is 1. The van der Waals surface area contributed by atoms with Crippen LogP contribution in [0.4, 0.5) is 11.4 Å². The number of nitrogens with zero attached hydrogens (tertiary/aromatic N) is 1. The third-order valence-corrected chi connectivity index (χ3v) is 2.92. The van der Waals surface area contributed by atoms with Crippen molar-refractivity contribution in [3.05, 3.63) is 64.2 Å². The summed E-state index contributed by atoms with van der Waals surface area (Å²) in [5.74, 6) is 0.474. The van der Waals surface area contributed by atoms with Gasteiger partial charge in [0, 0.05) is 24.4 Å². The van der Waals surface area contributed by atoms with Crippen molar-refractivity contribution in [2.24, 2.45) is 0 Å². The molecule has 1 N–H and O–H groups in total. The lowest BCUT2D eigenvalue weighted by Crippen LogP contribution is -2.05. The molecule has 2 aromatic rings. The summed E-state index contributed by atoms with van der Waals surface area (Å²) in [4.78, 5) is 10.4. The maximum atomic E-state index is 10.8. The minimum absolute atomic E-state index is 0.0200. The van der Waals surface area contributed by atoms with Gasteiger partial charge >= 0.3 is 0 Å². The van der Waals surface area contributed by atoms with E-state index in [-0.39, 0.29) is 5.69 Å². The summed E-state index contributed by atoms with van der Waals surface area (Å²) in [6.07, 6.45) is 0.853. The van der Waals surface area contributed by atoms with Crippen molar-refractivity contribution < 1.29 is 9.66 Å². The summed E-state index contributed by atoms with van der Waals surface area (Å²) in [7, 11) is 1.49. The Morgan fingerprint density at radius 3 is 2.60 bits per heavy atom. The van der Waals surface area contributed by atoms with Gasteiger partial charge in [-0.3, -0.25) is 10.1 Å². The molecule has 0 saturated heterocycles. The number of ether oxygens (including phenoxy) is 1. The number of rotatable bonds is 6. The lowest BCUT2D eigenvalue weighted by atomic mass is 10.1. The first-order chi connectivity index (χ1) is 9.69. The van der Waals surface area contributed by atoms with Gasteiger partial charge in [-0.25, -0.2) is 0 Å². The molecule has 2 aromatic carbocycles. The SMILES string of the molecule is COc1cc(NCCc2ccccc2)cc([N+](=O)[O-])c1. The Hall–Kier alpha value is -2.56. The Labute approximate surface area is 117 Å². The van der Waals surface area contributed by atoms with E-state index in [0.29, 0.717) is 18.0 Å². The van der Waals surface area contributed by atoms with E-state index in [9.17, 15) is 10.1 Å². The molecule has 0 aliphatic carbocycles. The van der Waals surface area contributed by atoms with Gasteiger partial charge < -0.3 is 10.1 Å². The fourth-order valence-electron chi connectivity index (χ4n) is 1.90. The molecule has 2 rings (SSSR count). The summed E-state index contributed by atoms with van der Waals surface area (Å²) in [5.41, 5.74) is 1.93. The highest BCUT2D eigenvalue weighted by Crippen LogP contribution is 2.25. The zero-order valence-electron chi connectivity index (χ0n) is 11.2. The minimum Gasteiger partial charge on any atom is -0.496 e. The molecule has 20 heavy (non-hydrogen) atoms. The zero-order valence-corrected chi connectivity index (χ0v) is 11.2. The van der Waals surface area contributed by atoms with E-state index in [0.717, 1.165) is 6.42 Å². The molecule has 0 radical (unpaired) electrons. The Bertz CT molecular complexity index is 585. The van der Waals surface area contributed by atoms with Crippen molar-refractivity contribution in [1.82, 2.24) is 0 Å². The maximum Gasteiger partial charge on any atom is 0.275 e. The van der Waals surface area contributed by atoms with Gasteiger partial charge in [0.1, 0.15) is 5.75 Å². The highest BCUT2D eigenvalue weighted by Gasteiger charge is 2.09. The van der Waals surface area contributed by atoms with E-state index in [1.165, 1.54) is 24.8 Å². The molecule has 104 valence electrons. The van der Waals surface area contributed by atoms with E-state index in [2.05, 4.69) is 17.4 Å². The van der Waals surface area contributed by atoms with Crippen LogP contribution in [0.15, 0.2) is 48.5 Å². The van der Waals surface area contributed by atoms with Crippen molar-refractivity contribution in [2.45, 2.75) is 6.42 Å². The fraction of sp³-hybridized carbons (Fsp3) is 0.200. The second-order valence-electron chi connectivity index (χ2n) is 4.34. The molecular formula is C15H16N2O3. The van der Waals surface area contributed by atoms with Crippen LogP contribution < -0.4 is 10.1 Å². The minimum atomic E-state index is -0.426. The first-order valence-electron chi connectivity index (χ1n) is 6.30. The first-order valence-corrected chi connectivity index (χ1v) is 6.30. The quantitative estimate of drug-likeness (QED) is 0.647. The molecule has 0 aliphatic rings. The van der Waals surface area contributed by atoms with Crippen molar-refractivity contribution in [2.75, 3.05) is 19.0 Å². The predicted molar refractivity (Wildman–Crippen MR) is 78.3 cm³/mol. The summed E-state index contributed by atoms with van der Waals surface area (Å²) in [6.45, 7) is 0.703. The van der Waals surface area contributed by atoms with Gasteiger partial charge in [-0.15, -0.1) is 0 Å². The lowest BCUT2D eigenvalue weighted by Gasteiger charge is -2.08. The topological polar surface area (TPSA) is 64.4 Å². The van der Waals surface area contributed by atoms with Crippen LogP contribution in [-0.4, -0.2) is 18.6 Å². The van der Waals surface area contributed by atoms with E-state index in [4.69, 9.17) is 4.74 Å². The van der Waals surface area contributed by atoms with E-state index < -0.39 is 4.92 Å². The molecule has 0 spiro atoms. The zero-order chi connectivity index (χ0) is 14.4. The van der Waals surface area contributed by atoms with Gasteiger partial charge in [-0.05, 0) is 12.0 Å². The fourth-order valence-corrected chi connectivity index (χ4v) is 1.90. The molecule has 5 heteroatoms. The van der Waals surface area contributed by atoms with Crippen LogP contribution in [0.3, 0.4) is 0 Å². The number of nitrogens with one attached hydrogen (secondary N) is 1. The van der Waals surface area contributed by atoms with Gasteiger partial charge in [-0.1, -0.05) is 30.3 Å². The number of anilines is 1. The second-order valence-corrected chi connectivity index (χ2v) is 4.34. The molecule has 0 aromatic heterocycles. The lowest BCUT2D eigenvalue weighted by molar-refractivity contribution is -0.384. The third kappa shape index (κ3) is 3.71. The van der Waals surface area contributed by atoms with Crippen molar-refractivity contribution >= 4 is 11.4 Å². The second kappa shape index (κ2) is 6.56. The Balaban J connectivity index is 2.02. The molecule has 0 amide bonds. The van der Waals surface area contributed by atoms with Gasteiger partial charge in [0.2, 0.25) is 0 Å². The average Bonchev–Trinajstić information content (AvgIpc) is 2.48. The normalized spacial score (nSPS) is 10.1. The Morgan fingerprint density at radius 2 is 1.95 bits per heavy atom. The molecule has 0 fully saturated rings. The molecular weight excluding hydrogens is 256 g/mol. The van der Waals surface area contributed by atoms with Crippen molar-refractivity contribution in [1.29, 1.82) is 0 Å². The standard InChI is InChI=1S/C15H16N2O3/c1-20-15-10-13(9-14(11-15)17(18)19)16-8-7-12-5-3-2-4-6-12/h2-6,9-11,16H,7-8H2,1H3. The highest BCUT2D eigenvalue weighted by molar-refractivity contribution is 5.56. The maximum absolute atomic E-state index is 10.8. The summed E-state index contributed by atoms with van der Waals surface area (Å²) in [6, 6.07) is 14.7. The predicted octanol–water partition coefficient (Wildman–Crippen LogP) is 3.26. The Morgan fingerprint density at radius 1 is 1.20 bits per heavy atom. The summed E-state index contributed by atoms with van der Waals surface area (Å²) in [5, 5.41) is 14.0. The first kappa shape index (κ1) is 13.9. The van der Waals surface area contributed by atoms with Crippen LogP contribution in [0.25, 0.3) is 0 Å². The van der Waals surface area contributed by atoms with E-state index in [1.54, 1.807) is 6.07 Å². The van der Waals surface area contributed by atoms with Gasteiger partial charge in [0.25, 0.3) is 5.69 Å². The number of non-ortho nitro benzene ring substituents is 1. The van der Waals surface area contributed by atoms with Gasteiger partial charge in [0.15, 0.2) is 0 Å². The molecule has 0 atom stereocenters. The summed E-state index contributed by atoms with van der Waals surface area (Å²) < 4.78 is 5.07. The van der Waals surface area contributed by atoms with Crippen molar-refractivity contribution in [3.63, 3.8) is 0 Å². The van der Waals surface area contributed by atoms with Gasteiger partial charge in [-0.2, -0.15) is 0 Å². The van der Waals surface area contributed by atoms with Crippen LogP contribution >= 0.6 is 0 Å². The molecule has 0 saturated carbocycles. The third-order valence-electron chi connectivity index (χ3n) is 2.92. The molecule has 0 bridgehead atoms. The number of hydrogen-bond acceptors (Lipinski definition) is 4. The van der Waals surface area contributed by atoms with Crippen LogP contribution in [0.1, 0.15) is 5.56 Å². The number of nitro benzene ring substituents is 1. The van der Waals surface area contributed by atoms with E-state index in [1.807, 2.05) is 18.2 Å². The summed E-state index contributed by atoms with van der Waals surface area (Å²) >= 11 is 0. The van der Waals surface area contributed by atoms with Gasteiger partial charge in [0.05, 0.1) is 18.1 Å². The molecule has 0 heterocycles. The average molecular weight is 272 g/mol. The number of hydrogen-bond donors (Lipinski definition) is 1. The van der Waals surface area contributed by atoms with Crippen LogP contribution in [-0.2, 0) is 6.42 Å². The highest BCUT2D eigenvalue weighted by atomic mass is 16.6.